The second-order valence-electron chi connectivity index (χ2n) is 7.34. The Balaban J connectivity index is 0.000000437. The van der Waals surface area contributed by atoms with Crippen LogP contribution < -0.4 is 5.73 Å². The zero-order valence-electron chi connectivity index (χ0n) is 18.7. The van der Waals surface area contributed by atoms with Crippen LogP contribution in [0.2, 0.25) is 0 Å². The van der Waals surface area contributed by atoms with Crippen LogP contribution in [0.15, 0.2) is 89.8 Å². The maximum absolute atomic E-state index is 12.8. The molecule has 2 atom stereocenters. The van der Waals surface area contributed by atoms with Crippen LogP contribution in [-0.4, -0.2) is 8.42 Å². The van der Waals surface area contributed by atoms with E-state index in [2.05, 4.69) is 14.4 Å². The van der Waals surface area contributed by atoms with Crippen molar-refractivity contribution in [1.82, 2.24) is 0 Å². The van der Waals surface area contributed by atoms with Crippen LogP contribution in [-0.2, 0) is 27.3 Å². The monoisotopic (exact) mass is 580 g/mol. The molecule has 0 saturated heterocycles. The molecule has 0 unspecified atom stereocenters. The third-order valence-corrected chi connectivity index (χ3v) is 6.28. The third-order valence-electron chi connectivity index (χ3n) is 4.90. The molecule has 34 heavy (non-hydrogen) atoms. The molecule has 0 bridgehead atoms. The Hall–Kier alpha value is -1.56. The molecule has 178 valence electrons. The number of rotatable bonds is 6. The van der Waals surface area contributed by atoms with E-state index in [-0.39, 0.29) is 4.90 Å². The number of halogens is 1. The Kier molecular flexibility index (Phi) is 13.0. The van der Waals surface area contributed by atoms with E-state index in [9.17, 15) is 8.42 Å². The van der Waals surface area contributed by atoms with Crippen molar-refractivity contribution in [1.29, 1.82) is 0 Å². The molecule has 0 aliphatic heterocycles. The van der Waals surface area contributed by atoms with Crippen LogP contribution in [0.25, 0.3) is 4.72 Å². The second-order valence-corrected chi connectivity index (χ2v) is 8.97. The molecule has 1 fully saturated rings. The third kappa shape index (κ3) is 9.24. The van der Waals surface area contributed by atoms with E-state index in [0.717, 1.165) is 16.7 Å². The Bertz CT molecular complexity index is 1030. The SMILES string of the molecule is Cc1ccc(S(=O)(=O)[N-][C@@H](c2ccccc2)[C@@H](N)c2ccccc2)cc1.[CH]1[CH][CH][CH][CH][CH]1.[Cl][Ru+]. The van der Waals surface area contributed by atoms with E-state index in [4.69, 9.17) is 5.73 Å². The summed E-state index contributed by atoms with van der Waals surface area (Å²) in [4.78, 5) is 0.171. The molecule has 4 rings (SSSR count). The first kappa shape index (κ1) is 28.7. The van der Waals surface area contributed by atoms with Crippen LogP contribution in [0.5, 0.6) is 0 Å². The van der Waals surface area contributed by atoms with Crippen molar-refractivity contribution in [2.45, 2.75) is 23.9 Å². The summed E-state index contributed by atoms with van der Waals surface area (Å²) in [6.07, 6.45) is 12.0. The van der Waals surface area contributed by atoms with E-state index < -0.39 is 22.1 Å². The van der Waals surface area contributed by atoms with Gasteiger partial charge < -0.3 is 10.5 Å². The minimum atomic E-state index is -3.83. The van der Waals surface area contributed by atoms with Crippen LogP contribution in [0.1, 0.15) is 28.8 Å². The maximum atomic E-state index is 12.8. The molecule has 6 radical (unpaired) electrons. The van der Waals surface area contributed by atoms with E-state index in [1.165, 1.54) is 0 Å². The molecule has 0 aromatic heterocycles. The molecular formula is C27H27ClN2O2RuS. The number of sulfonamides is 1. The fraction of sp³-hybridized carbons (Fsp3) is 0.111. The van der Waals surface area contributed by atoms with Gasteiger partial charge >= 0.3 is 27.0 Å². The average Bonchev–Trinajstić information content (AvgIpc) is 2.91. The summed E-state index contributed by atoms with van der Waals surface area (Å²) < 4.78 is 29.9. The molecular weight excluding hydrogens is 553 g/mol. The summed E-state index contributed by atoms with van der Waals surface area (Å²) in [5.74, 6) is 0. The first-order valence-electron chi connectivity index (χ1n) is 10.5. The first-order chi connectivity index (χ1) is 16.5. The van der Waals surface area contributed by atoms with Gasteiger partial charge in [-0.3, -0.25) is 0 Å². The van der Waals surface area contributed by atoms with Gasteiger partial charge in [0.2, 0.25) is 0 Å². The zero-order valence-corrected chi connectivity index (χ0v) is 22.0. The molecule has 2 N–H and O–H groups in total. The van der Waals surface area contributed by atoms with Gasteiger partial charge in [-0.15, -0.1) is 0 Å². The van der Waals surface area contributed by atoms with Gasteiger partial charge in [0.1, 0.15) is 10.0 Å². The number of hydrogen-bond donors (Lipinski definition) is 1. The normalized spacial score (nSPS) is 15.1. The van der Waals surface area contributed by atoms with E-state index in [1.807, 2.05) is 123 Å². The van der Waals surface area contributed by atoms with E-state index >= 15 is 0 Å². The number of hydrogen-bond acceptors (Lipinski definition) is 3. The Morgan fingerprint density at radius 3 is 1.56 bits per heavy atom. The fourth-order valence-electron chi connectivity index (χ4n) is 3.15. The first-order valence-corrected chi connectivity index (χ1v) is 14.2. The van der Waals surface area contributed by atoms with Crippen LogP contribution in [0.3, 0.4) is 0 Å². The van der Waals surface area contributed by atoms with Crippen molar-refractivity contribution in [3.8, 4) is 0 Å². The van der Waals surface area contributed by atoms with Gasteiger partial charge in [-0.25, -0.2) is 8.42 Å². The number of nitrogens with two attached hydrogens (primary N) is 1. The Labute approximate surface area is 219 Å². The van der Waals surface area contributed by atoms with E-state index in [0.29, 0.717) is 0 Å². The van der Waals surface area contributed by atoms with Crippen molar-refractivity contribution in [3.05, 3.63) is 145 Å². The second kappa shape index (κ2) is 15.4. The molecule has 0 amide bonds. The molecule has 1 aliphatic carbocycles. The summed E-state index contributed by atoms with van der Waals surface area (Å²) in [6, 6.07) is 24.1. The zero-order chi connectivity index (χ0) is 24.8. The van der Waals surface area contributed by atoms with Gasteiger partial charge in [0.05, 0.1) is 0 Å². The van der Waals surface area contributed by atoms with Crippen molar-refractivity contribution in [2.24, 2.45) is 5.73 Å². The molecule has 1 saturated carbocycles. The van der Waals surface area contributed by atoms with E-state index in [1.54, 1.807) is 24.3 Å². The van der Waals surface area contributed by atoms with Gasteiger partial charge in [0.25, 0.3) is 0 Å². The minimum absolute atomic E-state index is 0.171. The van der Waals surface area contributed by atoms with Crippen LogP contribution >= 0.6 is 9.69 Å². The van der Waals surface area contributed by atoms with Gasteiger partial charge in [0, 0.05) is 10.9 Å². The number of benzene rings is 3. The Morgan fingerprint density at radius 2 is 1.12 bits per heavy atom. The topological polar surface area (TPSA) is 74.3 Å². The van der Waals surface area contributed by atoms with Gasteiger partial charge in [-0.2, -0.15) is 0 Å². The standard InChI is InChI=1S/C21H21N2O2S.C6H6.ClH.Ru/c1-16-12-14-19(15-13-16)26(24,25)23-21(18-10-6-3-7-11-18)20(22)17-8-4-2-5-9-17;1-2-4-6-5-3-1;;/h2-15,20-21H,22H2,1H3;1-6H;1H;/q-1;;;+2/p-1/t20-,21-;;;/m0.../s1. The predicted molar refractivity (Wildman–Crippen MR) is 136 cm³/mol. The predicted octanol–water partition coefficient (Wildman–Crippen LogP) is 6.41. The summed E-state index contributed by atoms with van der Waals surface area (Å²) in [7, 11) is 0.736. The molecule has 7 heteroatoms. The van der Waals surface area contributed by atoms with Gasteiger partial charge in [0.15, 0.2) is 0 Å². The molecule has 0 heterocycles. The van der Waals surface area contributed by atoms with Crippen molar-refractivity contribution in [2.75, 3.05) is 0 Å². The van der Waals surface area contributed by atoms with Gasteiger partial charge in [-0.1, -0.05) is 90.0 Å². The number of nitrogens with zero attached hydrogens (tertiary/aromatic N) is 1. The molecule has 0 spiro atoms. The quantitative estimate of drug-likeness (QED) is 0.343. The van der Waals surface area contributed by atoms with Crippen LogP contribution in [0.4, 0.5) is 0 Å². The van der Waals surface area contributed by atoms with Gasteiger partial charge in [-0.05, 0) is 63.1 Å². The summed E-state index contributed by atoms with van der Waals surface area (Å²) in [5, 5.41) is 0. The molecule has 1 aliphatic rings. The summed E-state index contributed by atoms with van der Waals surface area (Å²) in [5.41, 5.74) is 9.01. The molecule has 3 aromatic rings. The van der Waals surface area contributed by atoms with Crippen molar-refractivity contribution in [3.63, 3.8) is 0 Å². The molecule has 3 aromatic carbocycles. The molecule has 4 nitrogen and oxygen atoms in total. The fourth-order valence-corrected chi connectivity index (χ4v) is 4.30. The Morgan fingerprint density at radius 1 is 0.706 bits per heavy atom. The van der Waals surface area contributed by atoms with Crippen molar-refractivity contribution >= 4 is 19.7 Å². The van der Waals surface area contributed by atoms with Crippen LogP contribution in [0, 0.1) is 45.4 Å². The summed E-state index contributed by atoms with van der Waals surface area (Å²) in [6.45, 7) is 1.91. The number of aryl methyl sites for hydroxylation is 1. The summed E-state index contributed by atoms with van der Waals surface area (Å²) >= 11 is 1.82. The average molecular weight is 580 g/mol. The van der Waals surface area contributed by atoms with Crippen molar-refractivity contribution < 1.29 is 25.7 Å².